The smallest absolute Gasteiger partial charge is 0.258 e. The molecule has 0 saturated heterocycles. The number of anilines is 1. The molecule has 1 amide bonds. The second-order valence-electron chi connectivity index (χ2n) is 6.45. The van der Waals surface area contributed by atoms with Gasteiger partial charge in [-0.25, -0.2) is 0 Å². The molecule has 116 valence electrons. The fourth-order valence-electron chi connectivity index (χ4n) is 2.40. The number of ether oxygens (including phenoxy) is 1. The van der Waals surface area contributed by atoms with Gasteiger partial charge in [-0.3, -0.25) is 4.79 Å². The second kappa shape index (κ2) is 6.37. The Bertz CT molecular complexity index is 512. The van der Waals surface area contributed by atoms with Crippen molar-refractivity contribution in [3.8, 4) is 5.75 Å². The van der Waals surface area contributed by atoms with E-state index in [4.69, 9.17) is 4.74 Å². The van der Waals surface area contributed by atoms with Gasteiger partial charge in [-0.2, -0.15) is 0 Å². The Labute approximate surface area is 127 Å². The van der Waals surface area contributed by atoms with Gasteiger partial charge in [0.15, 0.2) is 6.61 Å². The highest BCUT2D eigenvalue weighted by molar-refractivity contribution is 5.78. The molecule has 4 heteroatoms. The van der Waals surface area contributed by atoms with Crippen molar-refractivity contribution in [1.82, 2.24) is 5.32 Å². The van der Waals surface area contributed by atoms with E-state index in [1.807, 2.05) is 26.0 Å². The molecule has 0 fully saturated rings. The molecular weight excluding hydrogens is 264 g/mol. The number of rotatable bonds is 5. The molecule has 1 aromatic rings. The third-order valence-corrected chi connectivity index (χ3v) is 4.07. The standard InChI is InChI=1S/C17H26N2O2/c1-5-17(3,4)19-15(20)11-21-14-8-6-7-13-10-9-12(2)18-16(13)14/h6-8,12,18H,5,9-11H2,1-4H3,(H,19,20). The van der Waals surface area contributed by atoms with Gasteiger partial charge in [0.05, 0.1) is 5.69 Å². The largest absolute Gasteiger partial charge is 0.482 e. The van der Waals surface area contributed by atoms with Crippen LogP contribution in [-0.2, 0) is 11.2 Å². The minimum atomic E-state index is -0.191. The van der Waals surface area contributed by atoms with Crippen LogP contribution in [0.5, 0.6) is 5.75 Å². The molecule has 1 aromatic carbocycles. The number of fused-ring (bicyclic) bond motifs is 1. The van der Waals surface area contributed by atoms with Crippen molar-refractivity contribution in [2.45, 2.75) is 58.5 Å². The maximum absolute atomic E-state index is 12.0. The summed E-state index contributed by atoms with van der Waals surface area (Å²) >= 11 is 0. The van der Waals surface area contributed by atoms with Gasteiger partial charge >= 0.3 is 0 Å². The van der Waals surface area contributed by atoms with Crippen molar-refractivity contribution in [1.29, 1.82) is 0 Å². The maximum Gasteiger partial charge on any atom is 0.258 e. The number of hydrogen-bond donors (Lipinski definition) is 2. The molecule has 1 aliphatic rings. The predicted octanol–water partition coefficient (Wildman–Crippen LogP) is 3.12. The topological polar surface area (TPSA) is 50.4 Å². The van der Waals surface area contributed by atoms with Crippen LogP contribution >= 0.6 is 0 Å². The maximum atomic E-state index is 12.0. The Kier molecular flexibility index (Phi) is 4.76. The van der Waals surface area contributed by atoms with Crippen LogP contribution in [0.15, 0.2) is 18.2 Å². The Morgan fingerprint density at radius 3 is 2.95 bits per heavy atom. The zero-order chi connectivity index (χ0) is 15.5. The molecule has 2 rings (SSSR count). The van der Waals surface area contributed by atoms with Crippen molar-refractivity contribution >= 4 is 11.6 Å². The number of hydrogen-bond acceptors (Lipinski definition) is 3. The van der Waals surface area contributed by atoms with Crippen LogP contribution in [0.1, 0.15) is 46.1 Å². The van der Waals surface area contributed by atoms with Crippen molar-refractivity contribution in [3.63, 3.8) is 0 Å². The molecule has 0 bridgehead atoms. The summed E-state index contributed by atoms with van der Waals surface area (Å²) < 4.78 is 5.73. The highest BCUT2D eigenvalue weighted by atomic mass is 16.5. The molecule has 0 spiro atoms. The van der Waals surface area contributed by atoms with Gasteiger partial charge in [-0.1, -0.05) is 19.1 Å². The highest BCUT2D eigenvalue weighted by Gasteiger charge is 2.20. The highest BCUT2D eigenvalue weighted by Crippen LogP contribution is 2.33. The van der Waals surface area contributed by atoms with Gasteiger partial charge < -0.3 is 15.4 Å². The third-order valence-electron chi connectivity index (χ3n) is 4.07. The van der Waals surface area contributed by atoms with Crippen molar-refractivity contribution in [3.05, 3.63) is 23.8 Å². The van der Waals surface area contributed by atoms with E-state index < -0.39 is 0 Å². The molecule has 2 N–H and O–H groups in total. The number of benzene rings is 1. The number of para-hydroxylation sites is 1. The average Bonchev–Trinajstić information content (AvgIpc) is 2.44. The van der Waals surface area contributed by atoms with Crippen LogP contribution in [0.2, 0.25) is 0 Å². The number of amides is 1. The van der Waals surface area contributed by atoms with Crippen molar-refractivity contribution in [2.75, 3.05) is 11.9 Å². The van der Waals surface area contributed by atoms with Crippen LogP contribution < -0.4 is 15.4 Å². The molecule has 0 radical (unpaired) electrons. The summed E-state index contributed by atoms with van der Waals surface area (Å²) in [7, 11) is 0. The Morgan fingerprint density at radius 2 is 2.24 bits per heavy atom. The molecule has 1 atom stereocenters. The van der Waals surface area contributed by atoms with E-state index in [0.717, 1.165) is 30.7 Å². The molecule has 1 unspecified atom stereocenters. The number of nitrogens with one attached hydrogen (secondary N) is 2. The molecule has 0 aliphatic carbocycles. The third kappa shape index (κ3) is 4.13. The minimum absolute atomic E-state index is 0.0515. The van der Waals surface area contributed by atoms with Crippen LogP contribution in [-0.4, -0.2) is 24.1 Å². The zero-order valence-electron chi connectivity index (χ0n) is 13.5. The Balaban J connectivity index is 1.99. The fourth-order valence-corrected chi connectivity index (χ4v) is 2.40. The first-order chi connectivity index (χ1) is 9.91. The fraction of sp³-hybridized carbons (Fsp3) is 0.588. The summed E-state index contributed by atoms with van der Waals surface area (Å²) in [5.74, 6) is 0.687. The van der Waals surface area contributed by atoms with Gasteiger partial charge in [0.1, 0.15) is 5.75 Å². The lowest BCUT2D eigenvalue weighted by atomic mass is 9.98. The van der Waals surface area contributed by atoms with E-state index in [1.165, 1.54) is 5.56 Å². The first-order valence-corrected chi connectivity index (χ1v) is 7.73. The van der Waals surface area contributed by atoms with Gasteiger partial charge in [0.25, 0.3) is 5.91 Å². The SMILES string of the molecule is CCC(C)(C)NC(=O)COc1cccc2c1NC(C)CC2. The lowest BCUT2D eigenvalue weighted by Gasteiger charge is -2.27. The normalized spacial score (nSPS) is 17.6. The minimum Gasteiger partial charge on any atom is -0.482 e. The van der Waals surface area contributed by atoms with Crippen molar-refractivity contribution in [2.24, 2.45) is 0 Å². The summed E-state index contributed by atoms with van der Waals surface area (Å²) in [6.07, 6.45) is 3.07. The van der Waals surface area contributed by atoms with Crippen molar-refractivity contribution < 1.29 is 9.53 Å². The molecule has 0 saturated carbocycles. The molecule has 4 nitrogen and oxygen atoms in total. The van der Waals surface area contributed by atoms with E-state index in [-0.39, 0.29) is 18.1 Å². The van der Waals surface area contributed by atoms with Gasteiger partial charge in [-0.05, 0) is 51.7 Å². The summed E-state index contributed by atoms with van der Waals surface area (Å²) in [4.78, 5) is 12.0. The molecule has 21 heavy (non-hydrogen) atoms. The Hall–Kier alpha value is -1.71. The molecular formula is C17H26N2O2. The van der Waals surface area contributed by atoms with E-state index in [1.54, 1.807) is 0 Å². The predicted molar refractivity (Wildman–Crippen MR) is 85.9 cm³/mol. The first kappa shape index (κ1) is 15.7. The summed E-state index contributed by atoms with van der Waals surface area (Å²) in [5, 5.41) is 6.44. The first-order valence-electron chi connectivity index (χ1n) is 7.73. The van der Waals surface area contributed by atoms with Crippen LogP contribution in [0.3, 0.4) is 0 Å². The van der Waals surface area contributed by atoms with Crippen LogP contribution in [0.25, 0.3) is 0 Å². The van der Waals surface area contributed by atoms with E-state index in [9.17, 15) is 4.79 Å². The lowest BCUT2D eigenvalue weighted by molar-refractivity contribution is -0.124. The van der Waals surface area contributed by atoms with Gasteiger partial charge in [0.2, 0.25) is 0 Å². The van der Waals surface area contributed by atoms with Gasteiger partial charge in [-0.15, -0.1) is 0 Å². The summed E-state index contributed by atoms with van der Waals surface area (Å²) in [6.45, 7) is 8.29. The number of carbonyl (C=O) groups excluding carboxylic acids is 1. The molecule has 1 heterocycles. The molecule has 1 aliphatic heterocycles. The number of aryl methyl sites for hydroxylation is 1. The monoisotopic (exact) mass is 290 g/mol. The second-order valence-corrected chi connectivity index (χ2v) is 6.45. The van der Waals surface area contributed by atoms with E-state index in [2.05, 4.69) is 30.5 Å². The quantitative estimate of drug-likeness (QED) is 0.876. The van der Waals surface area contributed by atoms with Crippen LogP contribution in [0.4, 0.5) is 5.69 Å². The number of carbonyl (C=O) groups is 1. The van der Waals surface area contributed by atoms with Gasteiger partial charge in [0, 0.05) is 11.6 Å². The summed E-state index contributed by atoms with van der Waals surface area (Å²) in [6, 6.07) is 6.46. The zero-order valence-corrected chi connectivity index (χ0v) is 13.5. The summed E-state index contributed by atoms with van der Waals surface area (Å²) in [5.41, 5.74) is 2.11. The van der Waals surface area contributed by atoms with E-state index in [0.29, 0.717) is 6.04 Å². The molecule has 0 aromatic heterocycles. The van der Waals surface area contributed by atoms with Crippen LogP contribution in [0, 0.1) is 0 Å². The Morgan fingerprint density at radius 1 is 1.48 bits per heavy atom. The lowest BCUT2D eigenvalue weighted by Crippen LogP contribution is -2.44. The average molecular weight is 290 g/mol. The van der Waals surface area contributed by atoms with E-state index >= 15 is 0 Å².